The van der Waals surface area contributed by atoms with E-state index in [9.17, 15) is 14.7 Å². The Bertz CT molecular complexity index is 456. The third-order valence-corrected chi connectivity index (χ3v) is 3.45. The van der Waals surface area contributed by atoms with Crippen molar-refractivity contribution in [3.8, 4) is 0 Å². The molecule has 0 fully saturated rings. The molecule has 0 aliphatic heterocycles. The van der Waals surface area contributed by atoms with Gasteiger partial charge in [-0.25, -0.2) is 4.79 Å². The predicted octanol–water partition coefficient (Wildman–Crippen LogP) is 1.92. The van der Waals surface area contributed by atoms with Gasteiger partial charge in [-0.1, -0.05) is 44.2 Å². The van der Waals surface area contributed by atoms with E-state index in [1.165, 1.54) is 7.11 Å². The molecule has 0 saturated carbocycles. The summed E-state index contributed by atoms with van der Waals surface area (Å²) < 4.78 is 5.06. The van der Waals surface area contributed by atoms with Gasteiger partial charge in [-0.2, -0.15) is 0 Å². The van der Waals surface area contributed by atoms with E-state index in [2.05, 4.69) is 5.32 Å². The molecule has 0 heterocycles. The molecule has 0 aromatic heterocycles. The van der Waals surface area contributed by atoms with Gasteiger partial charge in [-0.3, -0.25) is 4.79 Å². The lowest BCUT2D eigenvalue weighted by atomic mass is 9.87. The second-order valence-corrected chi connectivity index (χ2v) is 4.55. The van der Waals surface area contributed by atoms with E-state index in [-0.39, 0.29) is 6.42 Å². The Balaban J connectivity index is 3.14. The highest BCUT2D eigenvalue weighted by atomic mass is 16.5. The minimum atomic E-state index is -1.43. The number of rotatable bonds is 7. The standard InChI is InChI=1S/C15H21NO4/c1-4-12(20-3)13(17)16-15(5-2,14(18)19)11-9-7-6-8-10-11/h6-10,12H,4-5H2,1-3H3,(H,16,17)(H,18,19). The Labute approximate surface area is 118 Å². The first-order chi connectivity index (χ1) is 9.51. The fraction of sp³-hybridized carbons (Fsp3) is 0.467. The number of carbonyl (C=O) groups is 2. The molecular formula is C15H21NO4. The zero-order valence-electron chi connectivity index (χ0n) is 12.1. The molecule has 0 radical (unpaired) electrons. The van der Waals surface area contributed by atoms with Gasteiger partial charge in [0, 0.05) is 7.11 Å². The summed E-state index contributed by atoms with van der Waals surface area (Å²) in [6.07, 6.45) is 0.0818. The number of benzene rings is 1. The summed E-state index contributed by atoms with van der Waals surface area (Å²) in [7, 11) is 1.44. The van der Waals surface area contributed by atoms with Crippen molar-refractivity contribution in [2.45, 2.75) is 38.3 Å². The number of aliphatic carboxylic acids is 1. The van der Waals surface area contributed by atoms with Gasteiger partial charge in [-0.05, 0) is 18.4 Å². The first-order valence-electron chi connectivity index (χ1n) is 6.65. The molecule has 0 aliphatic carbocycles. The van der Waals surface area contributed by atoms with Crippen LogP contribution in [0.15, 0.2) is 30.3 Å². The molecule has 2 atom stereocenters. The molecule has 5 nitrogen and oxygen atoms in total. The largest absolute Gasteiger partial charge is 0.479 e. The monoisotopic (exact) mass is 279 g/mol. The van der Waals surface area contributed by atoms with Crippen molar-refractivity contribution in [1.82, 2.24) is 5.32 Å². The van der Waals surface area contributed by atoms with Crippen LogP contribution in [0.4, 0.5) is 0 Å². The van der Waals surface area contributed by atoms with Gasteiger partial charge in [0.2, 0.25) is 5.91 Å². The SMILES string of the molecule is CCC(OC)C(=O)NC(CC)(C(=O)O)c1ccccc1. The maximum atomic E-state index is 12.2. The van der Waals surface area contributed by atoms with Gasteiger partial charge in [0.1, 0.15) is 6.10 Å². The maximum absolute atomic E-state index is 12.2. The van der Waals surface area contributed by atoms with E-state index >= 15 is 0 Å². The normalized spacial score (nSPS) is 15.2. The lowest BCUT2D eigenvalue weighted by Crippen LogP contribution is -2.54. The van der Waals surface area contributed by atoms with Gasteiger partial charge in [-0.15, -0.1) is 0 Å². The van der Waals surface area contributed by atoms with Crippen LogP contribution in [-0.2, 0) is 19.9 Å². The number of nitrogens with one attached hydrogen (secondary N) is 1. The summed E-state index contributed by atoms with van der Waals surface area (Å²) in [5.74, 6) is -1.49. The number of carbonyl (C=O) groups excluding carboxylic acids is 1. The molecule has 2 N–H and O–H groups in total. The molecule has 1 aromatic rings. The lowest BCUT2D eigenvalue weighted by Gasteiger charge is -2.31. The van der Waals surface area contributed by atoms with Crippen LogP contribution in [0.25, 0.3) is 0 Å². The fourth-order valence-electron chi connectivity index (χ4n) is 2.17. The Morgan fingerprint density at radius 1 is 1.30 bits per heavy atom. The van der Waals surface area contributed by atoms with Crippen LogP contribution in [0.5, 0.6) is 0 Å². The third kappa shape index (κ3) is 3.17. The van der Waals surface area contributed by atoms with Crippen LogP contribution < -0.4 is 5.32 Å². The van der Waals surface area contributed by atoms with E-state index in [1.807, 2.05) is 6.92 Å². The van der Waals surface area contributed by atoms with E-state index in [0.29, 0.717) is 12.0 Å². The minimum absolute atomic E-state index is 0.248. The minimum Gasteiger partial charge on any atom is -0.479 e. The average Bonchev–Trinajstić information content (AvgIpc) is 2.46. The first-order valence-corrected chi connectivity index (χ1v) is 6.65. The molecular weight excluding hydrogens is 258 g/mol. The highest BCUT2D eigenvalue weighted by Gasteiger charge is 2.41. The van der Waals surface area contributed by atoms with E-state index < -0.39 is 23.5 Å². The number of ether oxygens (including phenoxy) is 1. The third-order valence-electron chi connectivity index (χ3n) is 3.45. The van der Waals surface area contributed by atoms with Crippen molar-refractivity contribution < 1.29 is 19.4 Å². The van der Waals surface area contributed by atoms with Crippen molar-refractivity contribution in [2.75, 3.05) is 7.11 Å². The summed E-state index contributed by atoms with van der Waals surface area (Å²) in [5.41, 5.74) is -0.876. The van der Waals surface area contributed by atoms with Gasteiger partial charge < -0.3 is 15.2 Å². The van der Waals surface area contributed by atoms with Crippen LogP contribution in [0.3, 0.4) is 0 Å². The van der Waals surface area contributed by atoms with Crippen molar-refractivity contribution >= 4 is 11.9 Å². The zero-order valence-corrected chi connectivity index (χ0v) is 12.1. The molecule has 0 saturated heterocycles. The number of methoxy groups -OCH3 is 1. The molecule has 110 valence electrons. The highest BCUT2D eigenvalue weighted by Crippen LogP contribution is 2.26. The molecule has 1 amide bonds. The molecule has 0 aliphatic rings. The second kappa shape index (κ2) is 7.05. The molecule has 20 heavy (non-hydrogen) atoms. The van der Waals surface area contributed by atoms with Crippen molar-refractivity contribution in [3.63, 3.8) is 0 Å². The van der Waals surface area contributed by atoms with Gasteiger partial charge in [0.15, 0.2) is 5.54 Å². The van der Waals surface area contributed by atoms with Crippen molar-refractivity contribution in [2.24, 2.45) is 0 Å². The summed E-state index contributed by atoms with van der Waals surface area (Å²) in [6, 6.07) is 8.71. The Kier molecular flexibility index (Phi) is 5.70. The molecule has 0 bridgehead atoms. The number of hydrogen-bond acceptors (Lipinski definition) is 3. The number of carboxylic acids is 1. The molecule has 2 unspecified atom stereocenters. The summed E-state index contributed by atoms with van der Waals surface area (Å²) in [4.78, 5) is 23.9. The van der Waals surface area contributed by atoms with Gasteiger partial charge >= 0.3 is 5.97 Å². The van der Waals surface area contributed by atoms with E-state index in [1.54, 1.807) is 37.3 Å². The Hall–Kier alpha value is -1.88. The highest BCUT2D eigenvalue weighted by molar-refractivity contribution is 5.90. The molecule has 0 spiro atoms. The van der Waals surface area contributed by atoms with Crippen LogP contribution in [0.2, 0.25) is 0 Å². The van der Waals surface area contributed by atoms with Gasteiger partial charge in [0.25, 0.3) is 0 Å². The zero-order chi connectivity index (χ0) is 15.2. The predicted molar refractivity (Wildman–Crippen MR) is 75.3 cm³/mol. The topological polar surface area (TPSA) is 75.6 Å². The Morgan fingerprint density at radius 2 is 1.90 bits per heavy atom. The fourth-order valence-corrected chi connectivity index (χ4v) is 2.17. The maximum Gasteiger partial charge on any atom is 0.334 e. The summed E-state index contributed by atoms with van der Waals surface area (Å²) in [6.45, 7) is 3.54. The van der Waals surface area contributed by atoms with E-state index in [0.717, 1.165) is 0 Å². The van der Waals surface area contributed by atoms with Gasteiger partial charge in [0.05, 0.1) is 0 Å². The molecule has 5 heteroatoms. The Morgan fingerprint density at radius 3 is 2.30 bits per heavy atom. The second-order valence-electron chi connectivity index (χ2n) is 4.55. The quantitative estimate of drug-likeness (QED) is 0.799. The number of carboxylic acid groups (broad SMARTS) is 1. The van der Waals surface area contributed by atoms with Crippen LogP contribution in [-0.4, -0.2) is 30.2 Å². The smallest absolute Gasteiger partial charge is 0.334 e. The van der Waals surface area contributed by atoms with Crippen LogP contribution >= 0.6 is 0 Å². The van der Waals surface area contributed by atoms with Crippen molar-refractivity contribution in [1.29, 1.82) is 0 Å². The molecule has 1 aromatic carbocycles. The van der Waals surface area contributed by atoms with E-state index in [4.69, 9.17) is 4.74 Å². The van der Waals surface area contributed by atoms with Crippen molar-refractivity contribution in [3.05, 3.63) is 35.9 Å². The first kappa shape index (κ1) is 16.2. The molecule has 1 rings (SSSR count). The number of amides is 1. The number of hydrogen-bond donors (Lipinski definition) is 2. The average molecular weight is 279 g/mol. The van der Waals surface area contributed by atoms with Crippen LogP contribution in [0.1, 0.15) is 32.3 Å². The van der Waals surface area contributed by atoms with Crippen LogP contribution in [0, 0.1) is 0 Å². The lowest BCUT2D eigenvalue weighted by molar-refractivity contribution is -0.150. The summed E-state index contributed by atoms with van der Waals surface area (Å²) in [5, 5.41) is 12.2. The summed E-state index contributed by atoms with van der Waals surface area (Å²) >= 11 is 0.